The Morgan fingerprint density at radius 3 is 2.61 bits per heavy atom. The molecule has 0 bridgehead atoms. The van der Waals surface area contributed by atoms with E-state index in [9.17, 15) is 28.8 Å². The van der Waals surface area contributed by atoms with Gasteiger partial charge >= 0.3 is 0 Å². The molecule has 0 radical (unpaired) electrons. The molecule has 3 aliphatic heterocycles. The molecule has 5 heterocycles. The maximum absolute atomic E-state index is 13.4. The molecule has 1 saturated carbocycles. The van der Waals surface area contributed by atoms with Gasteiger partial charge in [0.25, 0.3) is 5.91 Å². The number of fused-ring (bicyclic) bond motifs is 2. The monoisotopic (exact) mass is 873 g/mol. The van der Waals surface area contributed by atoms with E-state index in [-0.39, 0.29) is 73.7 Å². The Bertz CT molecular complexity index is 2470. The number of nitrogens with one attached hydrogen (secondary N) is 2. The maximum atomic E-state index is 13.4. The van der Waals surface area contributed by atoms with Gasteiger partial charge in [0.15, 0.2) is 11.6 Å². The molecule has 5 amide bonds. The zero-order chi connectivity index (χ0) is 45.1. The van der Waals surface area contributed by atoms with Gasteiger partial charge in [-0.2, -0.15) is 0 Å². The predicted octanol–water partition coefficient (Wildman–Crippen LogP) is 3.71. The molecule has 1 aliphatic carbocycles. The van der Waals surface area contributed by atoms with E-state index in [1.807, 2.05) is 31.1 Å². The number of likely N-dealkylation sites (N-methyl/N-ethyl adjacent to an activating group) is 2. The first-order valence-corrected chi connectivity index (χ1v) is 22.2. The van der Waals surface area contributed by atoms with E-state index in [2.05, 4.69) is 30.8 Å². The van der Waals surface area contributed by atoms with Crippen molar-refractivity contribution in [3.63, 3.8) is 0 Å². The van der Waals surface area contributed by atoms with Gasteiger partial charge in [-0.05, 0) is 50.9 Å². The number of imide groups is 1. The summed E-state index contributed by atoms with van der Waals surface area (Å²) in [5, 5.41) is 13.8. The number of amides is 5. The minimum atomic E-state index is -0.734. The van der Waals surface area contributed by atoms with Gasteiger partial charge in [0.05, 0.1) is 25.5 Å². The van der Waals surface area contributed by atoms with Crippen molar-refractivity contribution < 1.29 is 33.5 Å². The molecular formula is C46H55N11O7. The number of aryl methyl sites for hydroxylation is 1. The molecule has 336 valence electrons. The molecule has 2 fully saturated rings. The van der Waals surface area contributed by atoms with Gasteiger partial charge in [0, 0.05) is 99.0 Å². The molecule has 4 aromatic rings. The average molecular weight is 874 g/mol. The highest BCUT2D eigenvalue weighted by molar-refractivity contribution is 6.07. The highest BCUT2D eigenvalue weighted by Crippen LogP contribution is 2.40. The van der Waals surface area contributed by atoms with E-state index in [0.29, 0.717) is 78.5 Å². The molecule has 18 nitrogen and oxygen atoms in total. The van der Waals surface area contributed by atoms with Gasteiger partial charge < -0.3 is 29.7 Å². The predicted molar refractivity (Wildman–Crippen MR) is 236 cm³/mol. The van der Waals surface area contributed by atoms with Crippen LogP contribution in [0.15, 0.2) is 48.8 Å². The Balaban J connectivity index is 0.802. The first kappa shape index (κ1) is 44.1. The van der Waals surface area contributed by atoms with Crippen LogP contribution in [0.25, 0.3) is 0 Å². The quantitative estimate of drug-likeness (QED) is 0.115. The number of Topliss-reactive ketones (excluding diaryl/α,β-unsaturated/α-hetero) is 1. The molecule has 4 aliphatic rings. The van der Waals surface area contributed by atoms with Crippen molar-refractivity contribution in [1.29, 1.82) is 0 Å². The summed E-state index contributed by atoms with van der Waals surface area (Å²) >= 11 is 0. The Labute approximate surface area is 371 Å². The van der Waals surface area contributed by atoms with Crippen molar-refractivity contribution in [2.24, 2.45) is 0 Å². The molecular weight excluding hydrogens is 819 g/mol. The highest BCUT2D eigenvalue weighted by Gasteiger charge is 2.42. The number of rotatable bonds is 17. The van der Waals surface area contributed by atoms with Crippen molar-refractivity contribution in [3.8, 4) is 5.75 Å². The fourth-order valence-corrected chi connectivity index (χ4v) is 9.28. The maximum Gasteiger partial charge on any atom is 0.255 e. The lowest BCUT2D eigenvalue weighted by atomic mass is 10.0. The van der Waals surface area contributed by atoms with Crippen molar-refractivity contribution in [1.82, 2.24) is 40.1 Å². The fraction of sp³-hybridized carbons (Fsp3) is 0.478. The van der Waals surface area contributed by atoms with Crippen LogP contribution in [-0.2, 0) is 45.1 Å². The van der Waals surface area contributed by atoms with Crippen LogP contribution in [-0.4, -0.2) is 123 Å². The van der Waals surface area contributed by atoms with Crippen molar-refractivity contribution in [3.05, 3.63) is 82.6 Å². The smallest absolute Gasteiger partial charge is 0.255 e. The Morgan fingerprint density at radius 2 is 1.84 bits per heavy atom. The normalized spacial score (nSPS) is 18.7. The average Bonchev–Trinajstić information content (AvgIpc) is 4.07. The Hall–Kier alpha value is -6.56. The summed E-state index contributed by atoms with van der Waals surface area (Å²) in [4.78, 5) is 94.0. The lowest BCUT2D eigenvalue weighted by molar-refractivity contribution is -0.137. The summed E-state index contributed by atoms with van der Waals surface area (Å²) in [6.07, 6.45) is 10.3. The molecule has 1 saturated heterocycles. The standard InChI is InChI=1S/C46H55N11O7/c1-5-35-46(63)54(3)37-25-47-40(49-43(37)57(35)31-9-6-7-10-31)24-29-14-13-28(23-39(29)64-4)38(58)17-15-30-26-55(52-51-30)22-21-53(2)20-19-42(60)48-34-12-8-11-32-33(34)27-56(45(32)62)36-16-18-41(59)50-44(36)61/h8,11-14,23,25-26,31,35-36H,5-7,9-10,15-22,24,27H2,1-4H3,(H,48,60)(H,50,59,61)/t35-,36?/m1/s1. The zero-order valence-electron chi connectivity index (χ0n) is 36.8. The number of aromatic nitrogens is 5. The van der Waals surface area contributed by atoms with Gasteiger partial charge in [0.1, 0.15) is 29.3 Å². The lowest BCUT2D eigenvalue weighted by Crippen LogP contribution is -2.55. The van der Waals surface area contributed by atoms with Crippen LogP contribution >= 0.6 is 0 Å². The number of benzene rings is 2. The van der Waals surface area contributed by atoms with Crippen LogP contribution in [0.3, 0.4) is 0 Å². The zero-order valence-corrected chi connectivity index (χ0v) is 36.8. The number of anilines is 3. The van der Waals surface area contributed by atoms with Crippen LogP contribution in [0.1, 0.15) is 108 Å². The Kier molecular flexibility index (Phi) is 13.1. The molecule has 0 spiro atoms. The molecule has 18 heteroatoms. The van der Waals surface area contributed by atoms with Gasteiger partial charge in [-0.25, -0.2) is 9.97 Å². The molecule has 2 aromatic heterocycles. The number of methoxy groups -OCH3 is 1. The summed E-state index contributed by atoms with van der Waals surface area (Å²) in [7, 11) is 5.29. The summed E-state index contributed by atoms with van der Waals surface area (Å²) in [6, 6.07) is 9.87. The van der Waals surface area contributed by atoms with E-state index in [4.69, 9.17) is 9.72 Å². The summed E-state index contributed by atoms with van der Waals surface area (Å²) in [6.45, 7) is 3.82. The molecule has 2 aromatic carbocycles. The first-order chi connectivity index (χ1) is 30.9. The summed E-state index contributed by atoms with van der Waals surface area (Å²) in [5.74, 6) is 0.680. The molecule has 2 atom stereocenters. The lowest BCUT2D eigenvalue weighted by Gasteiger charge is -2.43. The number of piperidine rings is 1. The number of carbonyl (C=O) groups excluding carboxylic acids is 6. The molecule has 64 heavy (non-hydrogen) atoms. The second-order valence-electron chi connectivity index (χ2n) is 17.1. The second-order valence-corrected chi connectivity index (χ2v) is 17.1. The third kappa shape index (κ3) is 9.23. The third-order valence-electron chi connectivity index (χ3n) is 12.9. The van der Waals surface area contributed by atoms with E-state index >= 15 is 0 Å². The van der Waals surface area contributed by atoms with Crippen LogP contribution in [0.5, 0.6) is 5.75 Å². The van der Waals surface area contributed by atoms with Crippen LogP contribution in [0.4, 0.5) is 17.2 Å². The summed E-state index contributed by atoms with van der Waals surface area (Å²) < 4.78 is 7.47. The number of carbonyl (C=O) groups is 6. The molecule has 2 N–H and O–H groups in total. The molecule has 8 rings (SSSR count). The number of ether oxygens (including phenoxy) is 1. The van der Waals surface area contributed by atoms with E-state index < -0.39 is 11.9 Å². The van der Waals surface area contributed by atoms with E-state index in [1.54, 1.807) is 60.3 Å². The highest BCUT2D eigenvalue weighted by atomic mass is 16.5. The van der Waals surface area contributed by atoms with Crippen molar-refractivity contribution >= 4 is 52.5 Å². The van der Waals surface area contributed by atoms with Crippen LogP contribution < -0.4 is 25.2 Å². The number of hydrogen-bond acceptors (Lipinski definition) is 13. The summed E-state index contributed by atoms with van der Waals surface area (Å²) in [5.41, 5.74) is 4.41. The third-order valence-corrected chi connectivity index (χ3v) is 12.9. The number of ketones is 1. The minimum Gasteiger partial charge on any atom is -0.496 e. The number of nitrogens with zero attached hydrogens (tertiary/aromatic N) is 9. The Morgan fingerprint density at radius 1 is 1.03 bits per heavy atom. The van der Waals surface area contributed by atoms with Crippen LogP contribution in [0, 0.1) is 0 Å². The first-order valence-electron chi connectivity index (χ1n) is 22.2. The van der Waals surface area contributed by atoms with Gasteiger partial charge in [0.2, 0.25) is 23.6 Å². The largest absolute Gasteiger partial charge is 0.496 e. The minimum absolute atomic E-state index is 0.0494. The topological polar surface area (TPSA) is 205 Å². The van der Waals surface area contributed by atoms with Gasteiger partial charge in [-0.1, -0.05) is 43.2 Å². The number of hydrogen-bond donors (Lipinski definition) is 2. The van der Waals surface area contributed by atoms with Crippen molar-refractivity contribution in [2.75, 3.05) is 49.4 Å². The fourth-order valence-electron chi connectivity index (χ4n) is 9.28. The molecule has 1 unspecified atom stereocenters. The van der Waals surface area contributed by atoms with Gasteiger partial charge in [-0.3, -0.25) is 38.8 Å². The van der Waals surface area contributed by atoms with E-state index in [1.165, 1.54) is 4.90 Å². The van der Waals surface area contributed by atoms with Crippen LogP contribution in [0.2, 0.25) is 0 Å². The second kappa shape index (κ2) is 19.0. The van der Waals surface area contributed by atoms with E-state index in [0.717, 1.165) is 42.8 Å². The SMILES string of the molecule is CC[C@@H]1C(=O)N(C)c2cnc(Cc3ccc(C(=O)CCc4cn(CCN(C)CCC(=O)Nc5cccc6c5CN(C5CCC(=O)NC5=O)C6=O)nn4)cc3OC)nc2N1C1CCCC1. The van der Waals surface area contributed by atoms with Crippen molar-refractivity contribution in [2.45, 2.75) is 109 Å². The van der Waals surface area contributed by atoms with Gasteiger partial charge in [-0.15, -0.1) is 5.10 Å².